The number of aliphatic hydroxyl groups is 1. The summed E-state index contributed by atoms with van der Waals surface area (Å²) in [7, 11) is 4.05. The van der Waals surface area contributed by atoms with Crippen LogP contribution < -0.4 is 0 Å². The number of likely N-dealkylation sites (N-methyl/N-ethyl adjacent to an activating group) is 1. The average molecular weight is 344 g/mol. The summed E-state index contributed by atoms with van der Waals surface area (Å²) >= 11 is 5.09. The summed E-state index contributed by atoms with van der Waals surface area (Å²) in [6.45, 7) is 3.69. The van der Waals surface area contributed by atoms with Gasteiger partial charge in [-0.1, -0.05) is 0 Å². The maximum Gasteiger partial charge on any atom is 0.131 e. The molecule has 0 spiro atoms. The zero-order valence-electron chi connectivity index (χ0n) is 11.3. The summed E-state index contributed by atoms with van der Waals surface area (Å²) in [6.07, 6.45) is 1.12. The molecule has 0 fully saturated rings. The van der Waals surface area contributed by atoms with E-state index in [-0.39, 0.29) is 0 Å². The Balaban J connectivity index is 2.25. The molecule has 0 bridgehead atoms. The second-order valence-corrected chi connectivity index (χ2v) is 6.93. The summed E-state index contributed by atoms with van der Waals surface area (Å²) in [5.41, 5.74) is 0.823. The molecule has 6 heteroatoms. The normalized spacial score (nSPS) is 13.2. The van der Waals surface area contributed by atoms with Gasteiger partial charge in [-0.15, -0.1) is 11.3 Å². The lowest BCUT2D eigenvalue weighted by Crippen LogP contribution is -2.21. The maximum absolute atomic E-state index is 10.5. The molecular weight excluding hydrogens is 326 g/mol. The zero-order valence-corrected chi connectivity index (χ0v) is 13.7. The number of hydrogen-bond acceptors (Lipinski definition) is 4. The molecule has 0 saturated heterocycles. The van der Waals surface area contributed by atoms with Gasteiger partial charge < -0.3 is 10.0 Å². The van der Waals surface area contributed by atoms with Gasteiger partial charge in [-0.3, -0.25) is 4.68 Å². The fraction of sp³-hybridized carbons (Fsp3) is 0.462. The minimum atomic E-state index is -0.627. The lowest BCUT2D eigenvalue weighted by Gasteiger charge is -2.15. The van der Waals surface area contributed by atoms with Gasteiger partial charge in [-0.2, -0.15) is 5.10 Å². The second-order valence-electron chi connectivity index (χ2n) is 4.76. The quantitative estimate of drug-likeness (QED) is 0.907. The van der Waals surface area contributed by atoms with Crippen LogP contribution in [0.5, 0.6) is 0 Å². The molecule has 2 rings (SSSR count). The predicted octanol–water partition coefficient (Wildman–Crippen LogP) is 2.66. The van der Waals surface area contributed by atoms with Crippen molar-refractivity contribution in [2.75, 3.05) is 20.6 Å². The molecule has 1 unspecified atom stereocenters. The lowest BCUT2D eigenvalue weighted by atomic mass is 10.2. The molecule has 2 aromatic heterocycles. The third-order valence-corrected chi connectivity index (χ3v) is 4.55. The molecule has 0 aliphatic heterocycles. The van der Waals surface area contributed by atoms with Crippen LogP contribution in [-0.2, 0) is 6.54 Å². The van der Waals surface area contributed by atoms with Crippen LogP contribution in [0.3, 0.4) is 0 Å². The summed E-state index contributed by atoms with van der Waals surface area (Å²) in [6, 6.07) is 4.00. The standard InChI is InChI=1S/C13H18BrN3OS/c1-9-4-5-11(19-9)13(18)12-10(14)8-15-17(12)7-6-16(2)3/h4-5,8,13,18H,6-7H2,1-3H3. The van der Waals surface area contributed by atoms with Crippen LogP contribution in [0.25, 0.3) is 0 Å². The summed E-state index contributed by atoms with van der Waals surface area (Å²) in [4.78, 5) is 4.25. The topological polar surface area (TPSA) is 41.3 Å². The third-order valence-electron chi connectivity index (χ3n) is 2.88. The second kappa shape index (κ2) is 6.17. The first-order valence-corrected chi connectivity index (χ1v) is 7.70. The fourth-order valence-corrected chi connectivity index (χ4v) is 3.23. The predicted molar refractivity (Wildman–Crippen MR) is 81.6 cm³/mol. The minimum Gasteiger partial charge on any atom is -0.381 e. The molecule has 0 aliphatic carbocycles. The van der Waals surface area contributed by atoms with E-state index in [1.165, 1.54) is 4.88 Å². The number of aromatic nitrogens is 2. The van der Waals surface area contributed by atoms with Gasteiger partial charge in [0, 0.05) is 16.3 Å². The third kappa shape index (κ3) is 3.45. The van der Waals surface area contributed by atoms with Gasteiger partial charge in [0.05, 0.1) is 22.9 Å². The number of aliphatic hydroxyl groups excluding tert-OH is 1. The Kier molecular flexibility index (Phi) is 4.78. The molecule has 2 heterocycles. The van der Waals surface area contributed by atoms with E-state index >= 15 is 0 Å². The van der Waals surface area contributed by atoms with Crippen LogP contribution in [0.15, 0.2) is 22.8 Å². The van der Waals surface area contributed by atoms with Crippen LogP contribution in [0.2, 0.25) is 0 Å². The molecule has 2 aromatic rings. The van der Waals surface area contributed by atoms with E-state index in [1.807, 2.05) is 37.8 Å². The van der Waals surface area contributed by atoms with Gasteiger partial charge in [0.15, 0.2) is 0 Å². The van der Waals surface area contributed by atoms with Crippen LogP contribution in [0.1, 0.15) is 21.6 Å². The molecule has 104 valence electrons. The fourth-order valence-electron chi connectivity index (χ4n) is 1.85. The van der Waals surface area contributed by atoms with Crippen molar-refractivity contribution in [3.63, 3.8) is 0 Å². The zero-order chi connectivity index (χ0) is 14.0. The Bertz CT molecular complexity index is 550. The van der Waals surface area contributed by atoms with Crippen molar-refractivity contribution in [2.45, 2.75) is 19.6 Å². The maximum atomic E-state index is 10.5. The van der Waals surface area contributed by atoms with Gasteiger partial charge in [0.25, 0.3) is 0 Å². The Labute approximate surface area is 125 Å². The highest BCUT2D eigenvalue weighted by Gasteiger charge is 2.20. The highest BCUT2D eigenvalue weighted by molar-refractivity contribution is 9.10. The highest BCUT2D eigenvalue weighted by Crippen LogP contribution is 2.32. The summed E-state index contributed by atoms with van der Waals surface area (Å²) in [5, 5.41) is 14.9. The SMILES string of the molecule is Cc1ccc(C(O)c2c(Br)cnn2CCN(C)C)s1. The van der Waals surface area contributed by atoms with Crippen molar-refractivity contribution in [1.29, 1.82) is 0 Å². The number of rotatable bonds is 5. The van der Waals surface area contributed by atoms with E-state index in [0.29, 0.717) is 0 Å². The summed E-state index contributed by atoms with van der Waals surface area (Å²) < 4.78 is 2.72. The summed E-state index contributed by atoms with van der Waals surface area (Å²) in [5.74, 6) is 0. The smallest absolute Gasteiger partial charge is 0.131 e. The van der Waals surface area contributed by atoms with E-state index in [1.54, 1.807) is 17.5 Å². The Morgan fingerprint density at radius 1 is 1.47 bits per heavy atom. The Morgan fingerprint density at radius 2 is 2.21 bits per heavy atom. The Morgan fingerprint density at radius 3 is 2.79 bits per heavy atom. The molecule has 0 aliphatic rings. The van der Waals surface area contributed by atoms with Crippen LogP contribution in [0, 0.1) is 6.92 Å². The van der Waals surface area contributed by atoms with Crippen molar-refractivity contribution >= 4 is 27.3 Å². The molecule has 0 amide bonds. The van der Waals surface area contributed by atoms with Crippen LogP contribution in [-0.4, -0.2) is 40.4 Å². The van der Waals surface area contributed by atoms with Gasteiger partial charge in [-0.25, -0.2) is 0 Å². The average Bonchev–Trinajstić information content (AvgIpc) is 2.92. The number of nitrogens with zero attached hydrogens (tertiary/aromatic N) is 3. The van der Waals surface area contributed by atoms with Gasteiger partial charge >= 0.3 is 0 Å². The molecule has 0 radical (unpaired) electrons. The van der Waals surface area contributed by atoms with Crippen molar-refractivity contribution < 1.29 is 5.11 Å². The van der Waals surface area contributed by atoms with E-state index in [0.717, 1.165) is 28.1 Å². The van der Waals surface area contributed by atoms with Crippen molar-refractivity contribution in [1.82, 2.24) is 14.7 Å². The number of thiophene rings is 1. The van der Waals surface area contributed by atoms with E-state index in [2.05, 4.69) is 25.9 Å². The first kappa shape index (κ1) is 14.7. The van der Waals surface area contributed by atoms with E-state index < -0.39 is 6.10 Å². The largest absolute Gasteiger partial charge is 0.381 e. The number of hydrogen-bond donors (Lipinski definition) is 1. The first-order valence-electron chi connectivity index (χ1n) is 6.09. The van der Waals surface area contributed by atoms with Crippen molar-refractivity contribution in [2.24, 2.45) is 0 Å². The lowest BCUT2D eigenvalue weighted by molar-refractivity contribution is 0.208. The molecule has 1 N–H and O–H groups in total. The van der Waals surface area contributed by atoms with Gasteiger partial charge in [0.2, 0.25) is 0 Å². The molecule has 4 nitrogen and oxygen atoms in total. The van der Waals surface area contributed by atoms with Crippen molar-refractivity contribution in [3.05, 3.63) is 38.3 Å². The van der Waals surface area contributed by atoms with Crippen LogP contribution in [0.4, 0.5) is 0 Å². The molecule has 19 heavy (non-hydrogen) atoms. The molecule has 0 aromatic carbocycles. The van der Waals surface area contributed by atoms with Crippen molar-refractivity contribution in [3.8, 4) is 0 Å². The van der Waals surface area contributed by atoms with E-state index in [4.69, 9.17) is 0 Å². The number of halogens is 1. The molecular formula is C13H18BrN3OS. The number of aryl methyl sites for hydroxylation is 1. The minimum absolute atomic E-state index is 0.627. The first-order chi connectivity index (χ1) is 8.99. The van der Waals surface area contributed by atoms with Gasteiger partial charge in [-0.05, 0) is 49.1 Å². The van der Waals surface area contributed by atoms with Gasteiger partial charge in [0.1, 0.15) is 6.10 Å². The molecule has 0 saturated carbocycles. The monoisotopic (exact) mass is 343 g/mol. The van der Waals surface area contributed by atoms with E-state index in [9.17, 15) is 5.11 Å². The van der Waals surface area contributed by atoms with Crippen LogP contribution >= 0.6 is 27.3 Å². The molecule has 1 atom stereocenters. The highest BCUT2D eigenvalue weighted by atomic mass is 79.9. The Hall–Kier alpha value is -0.690.